The van der Waals surface area contributed by atoms with Crippen LogP contribution in [0.3, 0.4) is 0 Å². The number of alkyl halides is 6. The van der Waals surface area contributed by atoms with Crippen molar-refractivity contribution in [3.05, 3.63) is 47.8 Å². The number of rotatable bonds is 3. The summed E-state index contributed by atoms with van der Waals surface area (Å²) in [5.41, 5.74) is 1.80. The van der Waals surface area contributed by atoms with Gasteiger partial charge in [0, 0.05) is 23.5 Å². The van der Waals surface area contributed by atoms with Crippen molar-refractivity contribution < 1.29 is 0 Å². The van der Waals surface area contributed by atoms with Gasteiger partial charge in [-0.15, -0.1) is 0 Å². The Kier molecular flexibility index (Phi) is 6.86. The summed E-state index contributed by atoms with van der Waals surface area (Å²) in [6.45, 7) is 0. The van der Waals surface area contributed by atoms with Crippen LogP contribution in [-0.4, -0.2) is 16.3 Å². The second kappa shape index (κ2) is 7.90. The number of aromatic nitrogens is 2. The van der Waals surface area contributed by atoms with Crippen molar-refractivity contribution in [2.45, 2.75) is 4.29 Å². The number of hydrogen-bond donors (Lipinski definition) is 1. The Morgan fingerprint density at radius 2 is 1.17 bits per heavy atom. The molecule has 2 rings (SSSR count). The zero-order valence-electron chi connectivity index (χ0n) is 11.2. The van der Waals surface area contributed by atoms with Gasteiger partial charge in [-0.05, 0) is 12.1 Å². The van der Waals surface area contributed by atoms with E-state index in [4.69, 9.17) is 5.41 Å². The smallest absolute Gasteiger partial charge is 0.161 e. The molecule has 0 aliphatic rings. The molecule has 0 saturated heterocycles. The average molecular weight is 700 g/mol. The molecule has 2 aromatic heterocycles. The van der Waals surface area contributed by atoms with Crippen LogP contribution >= 0.6 is 95.6 Å². The Hall–Kier alpha value is 0.650. The van der Waals surface area contributed by atoms with E-state index in [1.54, 1.807) is 17.3 Å². The fourth-order valence-corrected chi connectivity index (χ4v) is 3.05. The van der Waals surface area contributed by atoms with Crippen molar-refractivity contribution in [2.75, 3.05) is 4.90 Å². The van der Waals surface area contributed by atoms with Gasteiger partial charge in [0.05, 0.1) is 6.34 Å². The molecule has 23 heavy (non-hydrogen) atoms. The molecule has 2 aromatic rings. The van der Waals surface area contributed by atoms with E-state index in [0.717, 1.165) is 11.1 Å². The first-order valence-electron chi connectivity index (χ1n) is 5.99. The molecule has 4 nitrogen and oxygen atoms in total. The number of anilines is 2. The number of nitrogens with zero attached hydrogens (tertiary/aromatic N) is 3. The van der Waals surface area contributed by atoms with Crippen molar-refractivity contribution in [2.24, 2.45) is 0 Å². The number of halogens is 6. The number of nitrogens with one attached hydrogen (secondary N) is 1. The van der Waals surface area contributed by atoms with Gasteiger partial charge in [0.25, 0.3) is 0 Å². The van der Waals surface area contributed by atoms with E-state index in [9.17, 15) is 0 Å². The molecule has 0 fully saturated rings. The Bertz CT molecular complexity index is 618. The maximum absolute atomic E-state index is 7.65. The van der Waals surface area contributed by atoms with E-state index in [2.05, 4.69) is 106 Å². The normalized spacial score (nSPS) is 12.1. The van der Waals surface area contributed by atoms with Gasteiger partial charge in [-0.2, -0.15) is 0 Å². The van der Waals surface area contributed by atoms with Gasteiger partial charge < -0.3 is 0 Å². The maximum Gasteiger partial charge on any atom is 0.161 e. The van der Waals surface area contributed by atoms with Crippen molar-refractivity contribution in [3.8, 4) is 0 Å². The third-order valence-corrected chi connectivity index (χ3v) is 5.52. The highest BCUT2D eigenvalue weighted by molar-refractivity contribution is 9.39. The molecule has 2 heterocycles. The predicted molar refractivity (Wildman–Crippen MR) is 116 cm³/mol. The molecule has 0 amide bonds. The molecule has 0 saturated carbocycles. The summed E-state index contributed by atoms with van der Waals surface area (Å²) < 4.78 is -1.03. The molecular weight excluding hydrogens is 692 g/mol. The molecule has 1 N–H and O–H groups in total. The van der Waals surface area contributed by atoms with Gasteiger partial charge in [0.2, 0.25) is 0 Å². The number of pyridine rings is 2. The lowest BCUT2D eigenvalue weighted by Crippen LogP contribution is -2.17. The zero-order chi connectivity index (χ0) is 17.3. The van der Waals surface area contributed by atoms with Gasteiger partial charge in [0.15, 0.2) is 4.29 Å². The highest BCUT2D eigenvalue weighted by Crippen LogP contribution is 2.45. The first-order chi connectivity index (χ1) is 10.6. The van der Waals surface area contributed by atoms with Crippen LogP contribution in [0.5, 0.6) is 0 Å². The fraction of sp³-hybridized carbons (Fsp3) is 0.154. The molecule has 0 atom stereocenters. The summed E-state index contributed by atoms with van der Waals surface area (Å²) in [4.78, 5) is 10.3. The molecule has 0 bridgehead atoms. The van der Waals surface area contributed by atoms with E-state index in [1.807, 2.05) is 24.3 Å². The van der Waals surface area contributed by atoms with Crippen molar-refractivity contribution in [1.82, 2.24) is 9.97 Å². The van der Waals surface area contributed by atoms with E-state index in [0.29, 0.717) is 11.6 Å². The lowest BCUT2D eigenvalue weighted by molar-refractivity contribution is 1.13. The van der Waals surface area contributed by atoms with Crippen LogP contribution in [0.15, 0.2) is 36.7 Å². The van der Waals surface area contributed by atoms with Crippen LogP contribution in [0.25, 0.3) is 0 Å². The van der Waals surface area contributed by atoms with E-state index in [1.165, 1.54) is 6.34 Å². The SMILES string of the molecule is N=CN(c1ccc(C(Br)(Br)Br)cn1)c1ccc(C(Br)(Br)Br)cn1. The van der Waals surface area contributed by atoms with Crippen LogP contribution in [0, 0.1) is 5.41 Å². The van der Waals surface area contributed by atoms with Gasteiger partial charge in [-0.3, -0.25) is 10.3 Å². The van der Waals surface area contributed by atoms with E-state index >= 15 is 0 Å². The quantitative estimate of drug-likeness (QED) is 0.218. The van der Waals surface area contributed by atoms with E-state index < -0.39 is 4.29 Å². The zero-order valence-corrected chi connectivity index (χ0v) is 20.7. The molecule has 10 heteroatoms. The average Bonchev–Trinajstić information content (AvgIpc) is 2.47. The van der Waals surface area contributed by atoms with Gasteiger partial charge in [-0.25, -0.2) is 9.97 Å². The minimum Gasteiger partial charge on any atom is -0.291 e. The second-order valence-electron chi connectivity index (χ2n) is 4.30. The molecule has 0 spiro atoms. The minimum absolute atomic E-state index is 0.515. The standard InChI is InChI=1S/C13H8Br6N4/c14-12(15,16)8-1-3-10(21-5-8)23(7-20)11-4-2-9(6-22-11)13(17,18)19/h1-7,20H. The Morgan fingerprint density at radius 3 is 1.39 bits per heavy atom. The lowest BCUT2D eigenvalue weighted by atomic mass is 10.3. The molecule has 0 aromatic carbocycles. The summed E-state index contributed by atoms with van der Waals surface area (Å²) in [5, 5.41) is 7.65. The Labute approximate surface area is 184 Å². The highest BCUT2D eigenvalue weighted by atomic mass is 80.0. The summed E-state index contributed by atoms with van der Waals surface area (Å²) in [7, 11) is 0. The van der Waals surface area contributed by atoms with Crippen LogP contribution in [0.1, 0.15) is 11.1 Å². The maximum atomic E-state index is 7.65. The second-order valence-corrected chi connectivity index (χ2v) is 17.8. The summed E-state index contributed by atoms with van der Waals surface area (Å²) in [5.74, 6) is 1.20. The molecule has 0 unspecified atom stereocenters. The highest BCUT2D eigenvalue weighted by Gasteiger charge is 2.23. The van der Waals surface area contributed by atoms with Crippen LogP contribution in [0.2, 0.25) is 0 Å². The summed E-state index contributed by atoms with van der Waals surface area (Å²) >= 11 is 20.7. The van der Waals surface area contributed by atoms with Crippen LogP contribution < -0.4 is 4.90 Å². The molecule has 0 aliphatic heterocycles. The number of hydrogen-bond acceptors (Lipinski definition) is 3. The summed E-state index contributed by atoms with van der Waals surface area (Å²) in [6, 6.07) is 7.42. The van der Waals surface area contributed by atoms with Crippen molar-refractivity contribution in [1.29, 1.82) is 5.41 Å². The third-order valence-electron chi connectivity index (χ3n) is 2.77. The molecule has 0 radical (unpaired) electrons. The fourth-order valence-electron chi connectivity index (χ4n) is 1.64. The summed E-state index contributed by atoms with van der Waals surface area (Å²) in [6.07, 6.45) is 4.59. The van der Waals surface area contributed by atoms with Crippen LogP contribution in [0.4, 0.5) is 11.6 Å². The molecule has 122 valence electrons. The van der Waals surface area contributed by atoms with Crippen molar-refractivity contribution in [3.63, 3.8) is 0 Å². The Morgan fingerprint density at radius 1 is 0.783 bits per heavy atom. The lowest BCUT2D eigenvalue weighted by Gasteiger charge is -2.19. The largest absolute Gasteiger partial charge is 0.291 e. The first-order valence-corrected chi connectivity index (χ1v) is 10.7. The van der Waals surface area contributed by atoms with Crippen molar-refractivity contribution >= 4 is 114 Å². The van der Waals surface area contributed by atoms with Gasteiger partial charge >= 0.3 is 0 Å². The topological polar surface area (TPSA) is 52.9 Å². The predicted octanol–water partition coefficient (Wildman–Crippen LogP) is 6.81. The molecular formula is C13H8Br6N4. The molecule has 0 aliphatic carbocycles. The first kappa shape index (κ1) is 20.0. The minimum atomic E-state index is -0.515. The monoisotopic (exact) mass is 694 g/mol. The van der Waals surface area contributed by atoms with Gasteiger partial charge in [-0.1, -0.05) is 108 Å². The van der Waals surface area contributed by atoms with Gasteiger partial charge in [0.1, 0.15) is 11.6 Å². The van der Waals surface area contributed by atoms with E-state index in [-0.39, 0.29) is 0 Å². The Balaban J connectivity index is 2.31. The third kappa shape index (κ3) is 5.31. The van der Waals surface area contributed by atoms with Crippen LogP contribution in [-0.2, 0) is 4.29 Å².